The van der Waals surface area contributed by atoms with E-state index in [0.717, 1.165) is 47.4 Å². The van der Waals surface area contributed by atoms with Gasteiger partial charge in [0, 0.05) is 41.0 Å². The van der Waals surface area contributed by atoms with Gasteiger partial charge in [0.25, 0.3) is 5.69 Å². The van der Waals surface area contributed by atoms with Crippen molar-refractivity contribution >= 4 is 40.3 Å². The van der Waals surface area contributed by atoms with E-state index in [9.17, 15) is 14.5 Å². The molecule has 0 radical (unpaired) electrons. The first kappa shape index (κ1) is 23.6. The standard InChI is InChI=1S/C24H25FN4O2.ClH/c1-14-10-19(29(30)31)13-20(24(14)25)16(3)28-23-11-15(2)27-22-5-4-18(12-21(22)23)17-6-8-26-9-7-17;/h4-6,10-13,16,26H,7-9H2,1-3H3,(H,27,28);1H/t16-;/m1./s1. The Hall–Kier alpha value is -3.03. The molecular weight excluding hydrogens is 431 g/mol. The molecule has 1 aromatic heterocycles. The van der Waals surface area contributed by atoms with E-state index < -0.39 is 16.8 Å². The van der Waals surface area contributed by atoms with Crippen molar-refractivity contribution in [1.82, 2.24) is 10.3 Å². The highest BCUT2D eigenvalue weighted by Crippen LogP contribution is 2.33. The Labute approximate surface area is 192 Å². The second-order valence-electron chi connectivity index (χ2n) is 8.02. The highest BCUT2D eigenvalue weighted by Gasteiger charge is 2.20. The first-order valence-corrected chi connectivity index (χ1v) is 10.4. The average molecular weight is 457 g/mol. The fourth-order valence-electron chi connectivity index (χ4n) is 4.07. The molecule has 6 nitrogen and oxygen atoms in total. The number of fused-ring (bicyclic) bond motifs is 1. The number of pyridine rings is 1. The van der Waals surface area contributed by atoms with Crippen molar-refractivity contribution < 1.29 is 9.31 Å². The number of halogens is 2. The van der Waals surface area contributed by atoms with Gasteiger partial charge < -0.3 is 10.6 Å². The monoisotopic (exact) mass is 456 g/mol. The fourth-order valence-corrected chi connectivity index (χ4v) is 4.07. The molecule has 1 aliphatic heterocycles. The van der Waals surface area contributed by atoms with Gasteiger partial charge in [-0.2, -0.15) is 0 Å². The molecule has 0 saturated heterocycles. The summed E-state index contributed by atoms with van der Waals surface area (Å²) < 4.78 is 14.8. The van der Waals surface area contributed by atoms with Crippen molar-refractivity contribution in [3.05, 3.63) is 80.8 Å². The van der Waals surface area contributed by atoms with Gasteiger partial charge in [0.2, 0.25) is 0 Å². The van der Waals surface area contributed by atoms with Crippen LogP contribution >= 0.6 is 12.4 Å². The van der Waals surface area contributed by atoms with Crippen LogP contribution in [-0.2, 0) is 0 Å². The van der Waals surface area contributed by atoms with Gasteiger partial charge >= 0.3 is 0 Å². The summed E-state index contributed by atoms with van der Waals surface area (Å²) in [4.78, 5) is 15.4. The third-order valence-corrected chi connectivity index (χ3v) is 5.69. The molecule has 1 aliphatic rings. The molecule has 3 aromatic rings. The number of anilines is 1. The Morgan fingerprint density at radius 1 is 1.22 bits per heavy atom. The summed E-state index contributed by atoms with van der Waals surface area (Å²) in [5.41, 5.74) is 5.37. The van der Waals surface area contributed by atoms with E-state index >= 15 is 0 Å². The zero-order valence-corrected chi connectivity index (χ0v) is 19.1. The maximum Gasteiger partial charge on any atom is 0.270 e. The molecule has 4 rings (SSSR count). The fraction of sp³-hybridized carbons (Fsp3) is 0.292. The highest BCUT2D eigenvalue weighted by molar-refractivity contribution is 5.94. The first-order valence-electron chi connectivity index (χ1n) is 10.4. The van der Waals surface area contributed by atoms with Crippen molar-refractivity contribution in [2.24, 2.45) is 0 Å². The molecule has 0 saturated carbocycles. The number of nitro groups is 1. The van der Waals surface area contributed by atoms with Crippen molar-refractivity contribution in [2.75, 3.05) is 18.4 Å². The third kappa shape index (κ3) is 4.74. The van der Waals surface area contributed by atoms with Crippen LogP contribution in [0.5, 0.6) is 0 Å². The van der Waals surface area contributed by atoms with Crippen LogP contribution < -0.4 is 10.6 Å². The number of aromatic nitrogens is 1. The second-order valence-corrected chi connectivity index (χ2v) is 8.02. The molecule has 0 spiro atoms. The molecule has 32 heavy (non-hydrogen) atoms. The number of hydrogen-bond donors (Lipinski definition) is 2. The van der Waals surface area contributed by atoms with Crippen LogP contribution in [0.1, 0.15) is 41.8 Å². The molecule has 0 amide bonds. The van der Waals surface area contributed by atoms with E-state index in [1.54, 1.807) is 6.92 Å². The summed E-state index contributed by atoms with van der Waals surface area (Å²) in [5.74, 6) is -0.429. The molecule has 0 unspecified atom stereocenters. The maximum absolute atomic E-state index is 14.8. The van der Waals surface area contributed by atoms with Gasteiger partial charge in [-0.1, -0.05) is 12.1 Å². The predicted molar refractivity (Wildman–Crippen MR) is 129 cm³/mol. The Kier molecular flexibility index (Phi) is 7.11. The SMILES string of the molecule is Cc1cc(N[C@H](C)c2cc([N+](=O)[O-])cc(C)c2F)c2cc(C3=CCNCC3)ccc2n1.Cl. The van der Waals surface area contributed by atoms with Gasteiger partial charge in [-0.3, -0.25) is 15.1 Å². The minimum atomic E-state index is -0.492. The van der Waals surface area contributed by atoms with E-state index in [-0.39, 0.29) is 29.2 Å². The quantitative estimate of drug-likeness (QED) is 0.370. The number of hydrogen-bond acceptors (Lipinski definition) is 5. The van der Waals surface area contributed by atoms with E-state index in [1.165, 1.54) is 17.7 Å². The van der Waals surface area contributed by atoms with E-state index in [1.807, 2.05) is 26.0 Å². The summed E-state index contributed by atoms with van der Waals surface area (Å²) in [7, 11) is 0. The zero-order chi connectivity index (χ0) is 22.1. The predicted octanol–water partition coefficient (Wildman–Crippen LogP) is 5.87. The number of aryl methyl sites for hydroxylation is 2. The van der Waals surface area contributed by atoms with E-state index in [4.69, 9.17) is 0 Å². The smallest absolute Gasteiger partial charge is 0.270 e. The summed E-state index contributed by atoms with van der Waals surface area (Å²) >= 11 is 0. The van der Waals surface area contributed by atoms with Crippen LogP contribution in [0.15, 0.2) is 42.5 Å². The molecule has 0 aliphatic carbocycles. The molecule has 2 aromatic carbocycles. The molecular formula is C24H26ClFN4O2. The lowest BCUT2D eigenvalue weighted by Gasteiger charge is -2.20. The molecule has 0 bridgehead atoms. The lowest BCUT2D eigenvalue weighted by Crippen LogP contribution is -2.20. The second kappa shape index (κ2) is 9.63. The molecule has 1 atom stereocenters. The van der Waals surface area contributed by atoms with Crippen LogP contribution in [0, 0.1) is 29.8 Å². The largest absolute Gasteiger partial charge is 0.378 e. The van der Waals surface area contributed by atoms with Crippen LogP contribution in [0.4, 0.5) is 15.8 Å². The minimum Gasteiger partial charge on any atom is -0.378 e. The highest BCUT2D eigenvalue weighted by atomic mass is 35.5. The molecule has 2 N–H and O–H groups in total. The molecule has 2 heterocycles. The van der Waals surface area contributed by atoms with Crippen molar-refractivity contribution in [3.63, 3.8) is 0 Å². The summed E-state index contributed by atoms with van der Waals surface area (Å²) in [5, 5.41) is 18.9. The van der Waals surface area contributed by atoms with Crippen LogP contribution in [0.25, 0.3) is 16.5 Å². The van der Waals surface area contributed by atoms with Gasteiger partial charge in [-0.25, -0.2) is 4.39 Å². The maximum atomic E-state index is 14.8. The lowest BCUT2D eigenvalue weighted by molar-refractivity contribution is -0.385. The lowest BCUT2D eigenvalue weighted by atomic mass is 9.97. The summed E-state index contributed by atoms with van der Waals surface area (Å²) in [6, 6.07) is 10.2. The van der Waals surface area contributed by atoms with Crippen LogP contribution in [-0.4, -0.2) is 23.0 Å². The van der Waals surface area contributed by atoms with Crippen molar-refractivity contribution in [1.29, 1.82) is 0 Å². The number of nitrogens with one attached hydrogen (secondary N) is 2. The summed E-state index contributed by atoms with van der Waals surface area (Å²) in [6.45, 7) is 7.07. The number of rotatable bonds is 5. The van der Waals surface area contributed by atoms with Crippen LogP contribution in [0.3, 0.4) is 0 Å². The summed E-state index contributed by atoms with van der Waals surface area (Å²) in [6.07, 6.45) is 3.16. The molecule has 8 heteroatoms. The minimum absolute atomic E-state index is 0. The molecule has 0 fully saturated rings. The van der Waals surface area contributed by atoms with Crippen LogP contribution in [0.2, 0.25) is 0 Å². The first-order chi connectivity index (χ1) is 14.8. The van der Waals surface area contributed by atoms with Gasteiger partial charge in [0.1, 0.15) is 5.82 Å². The number of nitro benzene ring substituents is 1. The normalized spacial score (nSPS) is 14.4. The zero-order valence-electron chi connectivity index (χ0n) is 18.2. The van der Waals surface area contributed by atoms with E-state index in [2.05, 4.69) is 33.8 Å². The van der Waals surface area contributed by atoms with Crippen molar-refractivity contribution in [2.45, 2.75) is 33.2 Å². The van der Waals surface area contributed by atoms with Gasteiger partial charge in [0.15, 0.2) is 0 Å². The van der Waals surface area contributed by atoms with Gasteiger partial charge in [-0.15, -0.1) is 12.4 Å². The molecule has 168 valence electrons. The number of non-ortho nitro benzene ring substituents is 1. The number of benzene rings is 2. The Morgan fingerprint density at radius 2 is 2.00 bits per heavy atom. The Bertz CT molecular complexity index is 1210. The van der Waals surface area contributed by atoms with Crippen molar-refractivity contribution in [3.8, 4) is 0 Å². The van der Waals surface area contributed by atoms with Gasteiger partial charge in [0.05, 0.1) is 16.5 Å². The number of nitrogens with zero attached hydrogens (tertiary/aromatic N) is 2. The Morgan fingerprint density at radius 3 is 2.69 bits per heavy atom. The van der Waals surface area contributed by atoms with E-state index in [0.29, 0.717) is 0 Å². The van der Waals surface area contributed by atoms with Gasteiger partial charge in [-0.05, 0) is 68.6 Å². The third-order valence-electron chi connectivity index (χ3n) is 5.69. The topological polar surface area (TPSA) is 80.1 Å². The Balaban J connectivity index is 0.00000289. The average Bonchev–Trinajstić information content (AvgIpc) is 2.75.